The van der Waals surface area contributed by atoms with E-state index in [1.165, 1.54) is 11.8 Å². The number of aliphatic hydroxyl groups excluding tert-OH is 3. The summed E-state index contributed by atoms with van der Waals surface area (Å²) < 4.78 is 26.8. The molecule has 3 aliphatic heterocycles. The average molecular weight is 465 g/mol. The minimum Gasteiger partial charge on any atom is -0.598 e. The molecule has 0 radical (unpaired) electrons. The van der Waals surface area contributed by atoms with Gasteiger partial charge in [0.05, 0.1) is 19.3 Å². The first-order valence-electron chi connectivity index (χ1n) is 10.6. The van der Waals surface area contributed by atoms with Gasteiger partial charge in [-0.05, 0) is 33.6 Å². The molecule has 10 heteroatoms. The standard InChI is InChI=1S/C20H36N2O6S2/c1-20(2,3)30(26)21-14-7-5-4-6-13(12-22-8-10-27-11-9-22)29-19-17(25)15(23)16(24)18(14)28-19/h4-5,13-19,21,23-25H,6-12H2,1-3H3/b5-4-/t13-,14+,15?,16-,17+,18+,19?,30+/m0/s1. The fourth-order valence-corrected chi connectivity index (χ4v) is 6.08. The third kappa shape index (κ3) is 6.34. The smallest absolute Gasteiger partial charge is 0.136 e. The van der Waals surface area contributed by atoms with Crippen LogP contribution in [0.25, 0.3) is 0 Å². The van der Waals surface area contributed by atoms with Crippen LogP contribution in [0.1, 0.15) is 33.6 Å². The summed E-state index contributed by atoms with van der Waals surface area (Å²) in [4.78, 5) is 2.34. The Balaban J connectivity index is 1.76. The number of morpholine rings is 1. The molecule has 0 amide bonds. The van der Waals surface area contributed by atoms with Gasteiger partial charge in [-0.3, -0.25) is 4.90 Å². The highest BCUT2D eigenvalue weighted by molar-refractivity contribution is 8.00. The predicted molar refractivity (Wildman–Crippen MR) is 119 cm³/mol. The van der Waals surface area contributed by atoms with Gasteiger partial charge in [-0.25, -0.2) is 0 Å². The second-order valence-electron chi connectivity index (χ2n) is 9.16. The summed E-state index contributed by atoms with van der Waals surface area (Å²) in [5.41, 5.74) is -0.668. The number of fused-ring (bicyclic) bond motifs is 2. The molecular formula is C20H36N2O6S2. The minimum atomic E-state index is -1.36. The lowest BCUT2D eigenvalue weighted by Crippen LogP contribution is -2.63. The fourth-order valence-electron chi connectivity index (χ4n) is 3.81. The van der Waals surface area contributed by atoms with E-state index < -0.39 is 52.0 Å². The molecule has 30 heavy (non-hydrogen) atoms. The Morgan fingerprint density at radius 2 is 1.77 bits per heavy atom. The SMILES string of the molecule is CC(C)(C)[S@@+]([O-])N[C@@H]1C/C=C\C[C@@H](CN2CCOCC2)SC2O[C@H]1[C@@H](O)C(O)[C@H]2O. The highest BCUT2D eigenvalue weighted by Crippen LogP contribution is 2.35. The van der Waals surface area contributed by atoms with Crippen LogP contribution in [-0.2, 0) is 20.8 Å². The molecule has 0 spiro atoms. The van der Waals surface area contributed by atoms with E-state index in [4.69, 9.17) is 9.47 Å². The van der Waals surface area contributed by atoms with Crippen molar-refractivity contribution >= 4 is 23.1 Å². The quantitative estimate of drug-likeness (QED) is 0.337. The summed E-state index contributed by atoms with van der Waals surface area (Å²) in [5, 5.41) is 31.9. The van der Waals surface area contributed by atoms with Gasteiger partial charge in [0.15, 0.2) is 0 Å². The van der Waals surface area contributed by atoms with Crippen molar-refractivity contribution in [2.45, 2.75) is 79.5 Å². The first-order valence-corrected chi connectivity index (χ1v) is 12.7. The molecule has 2 saturated heterocycles. The maximum absolute atomic E-state index is 12.7. The minimum absolute atomic E-state index is 0.176. The second-order valence-corrected chi connectivity index (χ2v) is 12.6. The topological polar surface area (TPSA) is 117 Å². The van der Waals surface area contributed by atoms with Crippen molar-refractivity contribution in [3.05, 3.63) is 12.2 Å². The van der Waals surface area contributed by atoms with Crippen LogP contribution < -0.4 is 4.72 Å². The van der Waals surface area contributed by atoms with Crippen LogP contribution in [0.4, 0.5) is 0 Å². The zero-order valence-corrected chi connectivity index (χ0v) is 19.6. The lowest BCUT2D eigenvalue weighted by Gasteiger charge is -2.45. The summed E-state index contributed by atoms with van der Waals surface area (Å²) in [6, 6.07) is -0.447. The average Bonchev–Trinajstić information content (AvgIpc) is 2.70. The number of nitrogens with one attached hydrogen (secondary N) is 1. The van der Waals surface area contributed by atoms with Gasteiger partial charge in [-0.2, -0.15) is 0 Å². The number of allylic oxidation sites excluding steroid dienone is 1. The van der Waals surface area contributed by atoms with Crippen LogP contribution >= 0.6 is 11.8 Å². The molecule has 2 bridgehead atoms. The van der Waals surface area contributed by atoms with Crippen LogP contribution in [0.15, 0.2) is 12.2 Å². The van der Waals surface area contributed by atoms with E-state index in [2.05, 4.69) is 15.7 Å². The molecule has 0 aliphatic carbocycles. The van der Waals surface area contributed by atoms with Gasteiger partial charge < -0.3 is 29.3 Å². The molecule has 2 unspecified atom stereocenters. The molecule has 174 valence electrons. The number of ether oxygens (including phenoxy) is 2. The monoisotopic (exact) mass is 464 g/mol. The van der Waals surface area contributed by atoms with E-state index in [1.807, 2.05) is 26.8 Å². The van der Waals surface area contributed by atoms with Crippen LogP contribution in [-0.4, -0.2) is 104 Å². The lowest BCUT2D eigenvalue weighted by molar-refractivity contribution is -0.203. The Morgan fingerprint density at radius 1 is 1.10 bits per heavy atom. The van der Waals surface area contributed by atoms with E-state index in [0.717, 1.165) is 39.3 Å². The largest absolute Gasteiger partial charge is 0.598 e. The van der Waals surface area contributed by atoms with E-state index in [-0.39, 0.29) is 5.25 Å². The molecule has 0 aromatic carbocycles. The van der Waals surface area contributed by atoms with E-state index >= 15 is 0 Å². The summed E-state index contributed by atoms with van der Waals surface area (Å²) >= 11 is 0.137. The van der Waals surface area contributed by atoms with E-state index in [0.29, 0.717) is 6.42 Å². The van der Waals surface area contributed by atoms with Crippen LogP contribution in [0.3, 0.4) is 0 Å². The third-order valence-corrected chi connectivity index (χ3v) is 8.68. The molecule has 0 saturated carbocycles. The number of aliphatic hydroxyl groups is 3. The van der Waals surface area contributed by atoms with Crippen molar-refractivity contribution in [2.24, 2.45) is 0 Å². The molecule has 3 aliphatic rings. The van der Waals surface area contributed by atoms with Gasteiger partial charge in [0, 0.05) is 36.2 Å². The van der Waals surface area contributed by atoms with Crippen molar-refractivity contribution in [3.63, 3.8) is 0 Å². The Hall–Kier alpha value is 0.120. The number of hydrogen-bond acceptors (Lipinski definition) is 9. The summed E-state index contributed by atoms with van der Waals surface area (Å²) in [5.74, 6) is 0. The van der Waals surface area contributed by atoms with Crippen molar-refractivity contribution in [1.82, 2.24) is 9.62 Å². The Bertz CT molecular complexity index is 572. The normalized spacial score (nSPS) is 41.2. The summed E-state index contributed by atoms with van der Waals surface area (Å²) in [6.45, 7) is 9.66. The maximum atomic E-state index is 12.7. The summed E-state index contributed by atoms with van der Waals surface area (Å²) in [6.07, 6.45) is 0.893. The molecule has 0 aromatic heterocycles. The van der Waals surface area contributed by atoms with E-state index in [9.17, 15) is 19.9 Å². The highest BCUT2D eigenvalue weighted by atomic mass is 32.2. The van der Waals surface area contributed by atoms with Crippen molar-refractivity contribution in [1.29, 1.82) is 0 Å². The van der Waals surface area contributed by atoms with Gasteiger partial charge in [-0.15, -0.1) is 16.5 Å². The number of nitrogens with zero attached hydrogens (tertiary/aromatic N) is 1. The van der Waals surface area contributed by atoms with Gasteiger partial charge in [-0.1, -0.05) is 12.2 Å². The molecule has 3 heterocycles. The number of rotatable bonds is 4. The molecule has 4 N–H and O–H groups in total. The highest BCUT2D eigenvalue weighted by Gasteiger charge is 2.48. The lowest BCUT2D eigenvalue weighted by atomic mass is 9.93. The Morgan fingerprint density at radius 3 is 2.43 bits per heavy atom. The number of hydrogen-bond donors (Lipinski definition) is 4. The predicted octanol–water partition coefficient (Wildman–Crippen LogP) is -0.00160. The zero-order chi connectivity index (χ0) is 21.9. The van der Waals surface area contributed by atoms with Crippen LogP contribution in [0.5, 0.6) is 0 Å². The van der Waals surface area contributed by atoms with Crippen LogP contribution in [0.2, 0.25) is 0 Å². The van der Waals surface area contributed by atoms with Gasteiger partial charge in [0.2, 0.25) is 0 Å². The molecule has 2 fully saturated rings. The maximum Gasteiger partial charge on any atom is 0.136 e. The van der Waals surface area contributed by atoms with E-state index in [1.54, 1.807) is 0 Å². The van der Waals surface area contributed by atoms with Crippen molar-refractivity contribution in [3.8, 4) is 0 Å². The summed E-state index contributed by atoms with van der Waals surface area (Å²) in [7, 11) is 0. The second kappa shape index (κ2) is 10.8. The van der Waals surface area contributed by atoms with Crippen LogP contribution in [0, 0.1) is 0 Å². The van der Waals surface area contributed by atoms with Gasteiger partial charge >= 0.3 is 0 Å². The molecule has 8 atom stereocenters. The molecule has 8 nitrogen and oxygen atoms in total. The first kappa shape index (κ1) is 24.8. The zero-order valence-electron chi connectivity index (χ0n) is 18.0. The van der Waals surface area contributed by atoms with Crippen molar-refractivity contribution < 1.29 is 29.3 Å². The molecule has 0 aromatic rings. The number of thioether (sulfide) groups is 1. The molecular weight excluding hydrogens is 428 g/mol. The van der Waals surface area contributed by atoms with Gasteiger partial charge in [0.1, 0.15) is 34.6 Å². The van der Waals surface area contributed by atoms with Gasteiger partial charge in [0.25, 0.3) is 0 Å². The Labute approximate surface area is 186 Å². The van der Waals surface area contributed by atoms with Crippen molar-refractivity contribution in [2.75, 3.05) is 32.8 Å². The fraction of sp³-hybridized carbons (Fsp3) is 0.900. The Kier molecular flexibility index (Phi) is 8.93. The first-order chi connectivity index (χ1) is 14.2. The molecule has 3 rings (SSSR count). The third-order valence-electron chi connectivity index (χ3n) is 5.67.